The van der Waals surface area contributed by atoms with Gasteiger partial charge in [0.1, 0.15) is 0 Å². The molecule has 0 amide bonds. The molecule has 3 aliphatic rings. The highest BCUT2D eigenvalue weighted by atomic mass is 16.5. The molecule has 2 aliphatic carbocycles. The number of nitrogens with one attached hydrogen (secondary N) is 1. The van der Waals surface area contributed by atoms with E-state index >= 15 is 0 Å². The second kappa shape index (κ2) is 3.82. The normalized spacial score (nSPS) is 46.3. The van der Waals surface area contributed by atoms with E-state index in [1.165, 1.54) is 38.5 Å². The quantitative estimate of drug-likeness (QED) is 0.743. The Balaban J connectivity index is 1.44. The van der Waals surface area contributed by atoms with Gasteiger partial charge < -0.3 is 10.1 Å². The van der Waals surface area contributed by atoms with E-state index < -0.39 is 0 Å². The number of hydrogen-bond acceptors (Lipinski definition) is 2. The zero-order chi connectivity index (χ0) is 9.38. The van der Waals surface area contributed by atoms with Crippen LogP contribution in [0.4, 0.5) is 0 Å². The van der Waals surface area contributed by atoms with E-state index in [1.807, 2.05) is 0 Å². The maximum absolute atomic E-state index is 5.63. The molecule has 0 radical (unpaired) electrons. The van der Waals surface area contributed by atoms with Crippen LogP contribution in [-0.4, -0.2) is 25.3 Å². The summed E-state index contributed by atoms with van der Waals surface area (Å²) in [5, 5.41) is 3.73. The lowest BCUT2D eigenvalue weighted by atomic mass is 9.95. The third-order valence-corrected chi connectivity index (χ3v) is 4.37. The van der Waals surface area contributed by atoms with Crippen molar-refractivity contribution in [3.8, 4) is 0 Å². The van der Waals surface area contributed by atoms with Crippen LogP contribution < -0.4 is 5.32 Å². The van der Waals surface area contributed by atoms with Crippen LogP contribution >= 0.6 is 0 Å². The molecule has 0 spiro atoms. The molecule has 0 aromatic carbocycles. The predicted octanol–water partition coefficient (Wildman–Crippen LogP) is 1.94. The van der Waals surface area contributed by atoms with Crippen molar-refractivity contribution in [1.82, 2.24) is 5.32 Å². The van der Waals surface area contributed by atoms with Crippen LogP contribution in [0.25, 0.3) is 0 Å². The minimum Gasteiger partial charge on any atom is -0.377 e. The lowest BCUT2D eigenvalue weighted by Crippen LogP contribution is -2.38. The van der Waals surface area contributed by atoms with Crippen molar-refractivity contribution in [1.29, 1.82) is 0 Å². The van der Waals surface area contributed by atoms with E-state index in [0.717, 1.165) is 31.0 Å². The predicted molar refractivity (Wildman–Crippen MR) is 56.2 cm³/mol. The second-order valence-electron chi connectivity index (χ2n) is 5.32. The number of rotatable bonds is 3. The molecule has 0 unspecified atom stereocenters. The summed E-state index contributed by atoms with van der Waals surface area (Å²) in [6, 6.07) is 0.831. The van der Waals surface area contributed by atoms with Crippen molar-refractivity contribution in [2.45, 2.75) is 50.7 Å². The highest BCUT2D eigenvalue weighted by Gasteiger charge is 2.39. The molecule has 2 bridgehead atoms. The average Bonchev–Trinajstić information content (AvgIpc) is 2.91. The van der Waals surface area contributed by atoms with Gasteiger partial charge in [-0.1, -0.05) is 6.42 Å². The van der Waals surface area contributed by atoms with Crippen molar-refractivity contribution in [2.75, 3.05) is 13.2 Å². The third-order valence-electron chi connectivity index (χ3n) is 4.37. The molecule has 2 nitrogen and oxygen atoms in total. The first kappa shape index (κ1) is 9.17. The number of hydrogen-bond donors (Lipinski definition) is 1. The van der Waals surface area contributed by atoms with Crippen LogP contribution in [0.5, 0.6) is 0 Å². The zero-order valence-corrected chi connectivity index (χ0v) is 8.87. The molecular formula is C12H21NO. The molecule has 80 valence electrons. The summed E-state index contributed by atoms with van der Waals surface area (Å²) in [5.74, 6) is 2.06. The van der Waals surface area contributed by atoms with Crippen LogP contribution in [0.3, 0.4) is 0 Å². The van der Waals surface area contributed by atoms with E-state index in [2.05, 4.69) is 5.32 Å². The van der Waals surface area contributed by atoms with Crippen LogP contribution in [0, 0.1) is 11.8 Å². The SMILES string of the molecule is C1CO[C@H](CN[C@H]2C[C@H]3CC[C@H]2C3)C1. The largest absolute Gasteiger partial charge is 0.377 e. The highest BCUT2D eigenvalue weighted by Crippen LogP contribution is 2.44. The Kier molecular flexibility index (Phi) is 2.50. The van der Waals surface area contributed by atoms with Crippen molar-refractivity contribution >= 4 is 0 Å². The Hall–Kier alpha value is -0.0800. The fourth-order valence-corrected chi connectivity index (χ4v) is 3.58. The standard InChI is InChI=1S/C12H21NO/c1-2-11(14-5-1)8-13-12-7-9-3-4-10(12)6-9/h9-13H,1-8H2/t9-,10-,11-,12-/m0/s1. The molecule has 1 aliphatic heterocycles. The molecule has 3 fully saturated rings. The lowest BCUT2D eigenvalue weighted by molar-refractivity contribution is 0.105. The van der Waals surface area contributed by atoms with E-state index in [0.29, 0.717) is 6.10 Å². The monoisotopic (exact) mass is 195 g/mol. The van der Waals surface area contributed by atoms with Crippen LogP contribution in [0.2, 0.25) is 0 Å². The van der Waals surface area contributed by atoms with E-state index in [1.54, 1.807) is 0 Å². The smallest absolute Gasteiger partial charge is 0.0700 e. The van der Waals surface area contributed by atoms with E-state index in [9.17, 15) is 0 Å². The van der Waals surface area contributed by atoms with Gasteiger partial charge in [-0.05, 0) is 43.9 Å². The van der Waals surface area contributed by atoms with Gasteiger partial charge in [-0.3, -0.25) is 0 Å². The Morgan fingerprint density at radius 1 is 1.14 bits per heavy atom. The Morgan fingerprint density at radius 2 is 2.14 bits per heavy atom. The zero-order valence-electron chi connectivity index (χ0n) is 8.87. The van der Waals surface area contributed by atoms with E-state index in [-0.39, 0.29) is 0 Å². The summed E-state index contributed by atoms with van der Waals surface area (Å²) in [5.41, 5.74) is 0. The summed E-state index contributed by atoms with van der Waals surface area (Å²) < 4.78 is 5.63. The van der Waals surface area contributed by atoms with Gasteiger partial charge in [0.15, 0.2) is 0 Å². The maximum Gasteiger partial charge on any atom is 0.0700 e. The summed E-state index contributed by atoms with van der Waals surface area (Å²) in [7, 11) is 0. The minimum atomic E-state index is 0.522. The molecule has 4 atom stereocenters. The van der Waals surface area contributed by atoms with Crippen molar-refractivity contribution in [2.24, 2.45) is 11.8 Å². The van der Waals surface area contributed by atoms with Crippen LogP contribution in [-0.2, 0) is 4.74 Å². The molecule has 3 rings (SSSR count). The fraction of sp³-hybridized carbons (Fsp3) is 1.00. The second-order valence-corrected chi connectivity index (χ2v) is 5.32. The number of ether oxygens (including phenoxy) is 1. The van der Waals surface area contributed by atoms with Gasteiger partial charge in [-0.15, -0.1) is 0 Å². The molecule has 2 heteroatoms. The van der Waals surface area contributed by atoms with Crippen molar-refractivity contribution < 1.29 is 4.74 Å². The van der Waals surface area contributed by atoms with E-state index in [4.69, 9.17) is 4.74 Å². The summed E-state index contributed by atoms with van der Waals surface area (Å²) in [4.78, 5) is 0. The van der Waals surface area contributed by atoms with Gasteiger partial charge in [0.25, 0.3) is 0 Å². The molecule has 0 aromatic rings. The average molecular weight is 195 g/mol. The Bertz CT molecular complexity index is 200. The molecular weight excluding hydrogens is 174 g/mol. The fourth-order valence-electron chi connectivity index (χ4n) is 3.58. The van der Waals surface area contributed by atoms with Gasteiger partial charge in [-0.25, -0.2) is 0 Å². The molecule has 14 heavy (non-hydrogen) atoms. The first-order valence-electron chi connectivity index (χ1n) is 6.27. The first-order chi connectivity index (χ1) is 6.92. The lowest BCUT2D eigenvalue weighted by Gasteiger charge is -2.24. The summed E-state index contributed by atoms with van der Waals surface area (Å²) >= 11 is 0. The van der Waals surface area contributed by atoms with Gasteiger partial charge in [0, 0.05) is 19.2 Å². The topological polar surface area (TPSA) is 21.3 Å². The molecule has 1 heterocycles. The number of fused-ring (bicyclic) bond motifs is 2. The van der Waals surface area contributed by atoms with Gasteiger partial charge in [0.05, 0.1) is 6.10 Å². The molecule has 0 aromatic heterocycles. The molecule has 2 saturated carbocycles. The summed E-state index contributed by atoms with van der Waals surface area (Å²) in [6.07, 6.45) is 8.99. The summed E-state index contributed by atoms with van der Waals surface area (Å²) in [6.45, 7) is 2.09. The Morgan fingerprint density at radius 3 is 2.79 bits per heavy atom. The highest BCUT2D eigenvalue weighted by molar-refractivity contribution is 4.94. The minimum absolute atomic E-state index is 0.522. The first-order valence-corrected chi connectivity index (χ1v) is 6.27. The van der Waals surface area contributed by atoms with Crippen LogP contribution in [0.15, 0.2) is 0 Å². The van der Waals surface area contributed by atoms with Gasteiger partial charge in [-0.2, -0.15) is 0 Å². The molecule has 1 saturated heterocycles. The third kappa shape index (κ3) is 1.70. The van der Waals surface area contributed by atoms with Crippen molar-refractivity contribution in [3.05, 3.63) is 0 Å². The molecule has 1 N–H and O–H groups in total. The maximum atomic E-state index is 5.63. The van der Waals surface area contributed by atoms with Gasteiger partial charge in [0.2, 0.25) is 0 Å². The van der Waals surface area contributed by atoms with Gasteiger partial charge >= 0.3 is 0 Å². The van der Waals surface area contributed by atoms with Crippen LogP contribution in [0.1, 0.15) is 38.5 Å². The Labute approximate surface area is 86.4 Å². The van der Waals surface area contributed by atoms with Crippen molar-refractivity contribution in [3.63, 3.8) is 0 Å².